The Balaban J connectivity index is 2.10. The van der Waals surface area contributed by atoms with Gasteiger partial charge < -0.3 is 9.15 Å². The fourth-order valence-corrected chi connectivity index (χ4v) is 2.20. The predicted molar refractivity (Wildman–Crippen MR) is 84.1 cm³/mol. The lowest BCUT2D eigenvalue weighted by Gasteiger charge is -2.06. The van der Waals surface area contributed by atoms with Gasteiger partial charge >= 0.3 is 0 Å². The number of fused-ring (bicyclic) bond motifs is 1. The molecule has 0 aliphatic carbocycles. The first-order valence-corrected chi connectivity index (χ1v) is 7.13. The Morgan fingerprint density at radius 3 is 2.62 bits per heavy atom. The molecule has 0 N–H and O–H groups in total. The van der Waals surface area contributed by atoms with Crippen molar-refractivity contribution in [3.05, 3.63) is 64.8 Å². The molecule has 0 saturated carbocycles. The molecule has 2 aromatic carbocycles. The van der Waals surface area contributed by atoms with Gasteiger partial charge in [0, 0.05) is 17.7 Å². The van der Waals surface area contributed by atoms with Crippen LogP contribution in [-0.4, -0.2) is 12.5 Å². The van der Waals surface area contributed by atoms with Gasteiger partial charge in [-0.05, 0) is 12.1 Å². The molecular weight excluding hydrogens is 288 g/mol. The predicted octanol–water partition coefficient (Wildman–Crippen LogP) is 4.08. The van der Waals surface area contributed by atoms with Crippen molar-refractivity contribution in [1.29, 1.82) is 0 Å². The van der Waals surface area contributed by atoms with E-state index in [4.69, 9.17) is 20.8 Å². The zero-order valence-electron chi connectivity index (χ0n) is 11.2. The molecule has 0 amide bonds. The Bertz CT molecular complexity index is 809. The zero-order chi connectivity index (χ0) is 14.7. The van der Waals surface area contributed by atoms with E-state index in [1.165, 1.54) is 6.07 Å². The van der Waals surface area contributed by atoms with Crippen LogP contribution in [-0.2, 0) is 0 Å². The highest BCUT2D eigenvalue weighted by molar-refractivity contribution is 6.18. The Morgan fingerprint density at radius 2 is 1.86 bits per heavy atom. The second-order valence-corrected chi connectivity index (χ2v) is 4.91. The minimum Gasteiger partial charge on any atom is -0.492 e. The van der Waals surface area contributed by atoms with Crippen molar-refractivity contribution < 1.29 is 9.15 Å². The van der Waals surface area contributed by atoms with Crippen molar-refractivity contribution in [3.63, 3.8) is 0 Å². The molecule has 0 aliphatic rings. The highest BCUT2D eigenvalue weighted by atomic mass is 35.5. The Kier molecular flexibility index (Phi) is 3.93. The maximum absolute atomic E-state index is 12.2. The second-order valence-electron chi connectivity index (χ2n) is 4.54. The minimum absolute atomic E-state index is 0.0704. The average Bonchev–Trinajstić information content (AvgIpc) is 2.53. The van der Waals surface area contributed by atoms with Crippen LogP contribution in [0, 0.1) is 0 Å². The summed E-state index contributed by atoms with van der Waals surface area (Å²) in [6, 6.07) is 16.2. The smallest absolute Gasteiger partial charge is 0.193 e. The molecule has 4 heteroatoms. The molecule has 3 aromatic rings. The summed E-state index contributed by atoms with van der Waals surface area (Å²) < 4.78 is 11.3. The maximum Gasteiger partial charge on any atom is 0.193 e. The van der Waals surface area contributed by atoms with Crippen molar-refractivity contribution in [2.75, 3.05) is 12.5 Å². The van der Waals surface area contributed by atoms with Gasteiger partial charge in [0.05, 0.1) is 11.3 Å². The van der Waals surface area contributed by atoms with Gasteiger partial charge in [0.2, 0.25) is 0 Å². The van der Waals surface area contributed by atoms with Gasteiger partial charge in [-0.1, -0.05) is 30.3 Å². The molecule has 1 aromatic heterocycles. The van der Waals surface area contributed by atoms with E-state index in [9.17, 15) is 4.79 Å². The van der Waals surface area contributed by atoms with Gasteiger partial charge in [-0.3, -0.25) is 4.79 Å². The lowest BCUT2D eigenvalue weighted by Crippen LogP contribution is -2.02. The van der Waals surface area contributed by atoms with E-state index in [0.717, 1.165) is 5.56 Å². The number of hydrogen-bond donors (Lipinski definition) is 0. The molecule has 0 saturated heterocycles. The van der Waals surface area contributed by atoms with Crippen LogP contribution in [0.4, 0.5) is 0 Å². The van der Waals surface area contributed by atoms with Crippen molar-refractivity contribution in [1.82, 2.24) is 0 Å². The molecule has 0 aliphatic heterocycles. The standard InChI is InChI=1S/C17H13ClO3/c18-8-9-20-13-6-7-14-15(19)11-16(21-17(14)10-13)12-4-2-1-3-5-12/h1-7,10-11H,8-9H2. The average molecular weight is 301 g/mol. The van der Waals surface area contributed by atoms with Gasteiger partial charge in [-0.15, -0.1) is 11.6 Å². The number of ether oxygens (including phenoxy) is 1. The van der Waals surface area contributed by atoms with Gasteiger partial charge in [0.25, 0.3) is 0 Å². The van der Waals surface area contributed by atoms with Crippen LogP contribution in [0.15, 0.2) is 63.8 Å². The summed E-state index contributed by atoms with van der Waals surface area (Å²) in [6.07, 6.45) is 0. The molecular formula is C17H13ClO3. The number of alkyl halides is 1. The third-order valence-corrected chi connectivity index (χ3v) is 3.26. The van der Waals surface area contributed by atoms with Crippen LogP contribution < -0.4 is 10.2 Å². The highest BCUT2D eigenvalue weighted by Gasteiger charge is 2.07. The molecule has 1 heterocycles. The molecule has 21 heavy (non-hydrogen) atoms. The van der Waals surface area contributed by atoms with Gasteiger partial charge in [-0.25, -0.2) is 0 Å². The quantitative estimate of drug-likeness (QED) is 0.682. The lowest BCUT2D eigenvalue weighted by molar-refractivity contribution is 0.342. The molecule has 3 nitrogen and oxygen atoms in total. The van der Waals surface area contributed by atoms with Crippen molar-refractivity contribution >= 4 is 22.6 Å². The molecule has 0 unspecified atom stereocenters. The first kappa shape index (κ1) is 13.7. The maximum atomic E-state index is 12.2. The van der Waals surface area contributed by atoms with Crippen LogP contribution >= 0.6 is 11.6 Å². The van der Waals surface area contributed by atoms with E-state index < -0.39 is 0 Å². The van der Waals surface area contributed by atoms with Gasteiger partial charge in [0.1, 0.15) is 23.7 Å². The zero-order valence-corrected chi connectivity index (χ0v) is 12.0. The number of hydrogen-bond acceptors (Lipinski definition) is 3. The SMILES string of the molecule is O=c1cc(-c2ccccc2)oc2cc(OCCCl)ccc12. The Labute approximate surface area is 126 Å². The molecule has 0 bridgehead atoms. The third-order valence-electron chi connectivity index (χ3n) is 3.10. The van der Waals surface area contributed by atoms with Crippen LogP contribution in [0.2, 0.25) is 0 Å². The van der Waals surface area contributed by atoms with Crippen LogP contribution in [0.25, 0.3) is 22.3 Å². The largest absolute Gasteiger partial charge is 0.492 e. The third kappa shape index (κ3) is 2.93. The summed E-state index contributed by atoms with van der Waals surface area (Å²) in [6.45, 7) is 0.412. The van der Waals surface area contributed by atoms with Gasteiger partial charge in [0.15, 0.2) is 5.43 Å². The number of halogens is 1. The molecule has 0 spiro atoms. The minimum atomic E-state index is -0.0704. The van der Waals surface area contributed by atoms with Crippen molar-refractivity contribution in [2.24, 2.45) is 0 Å². The molecule has 3 rings (SSSR count). The molecule has 0 radical (unpaired) electrons. The van der Waals surface area contributed by atoms with E-state index in [1.54, 1.807) is 18.2 Å². The highest BCUT2D eigenvalue weighted by Crippen LogP contribution is 2.24. The lowest BCUT2D eigenvalue weighted by atomic mass is 10.1. The number of benzene rings is 2. The van der Waals surface area contributed by atoms with E-state index in [0.29, 0.717) is 35.0 Å². The monoisotopic (exact) mass is 300 g/mol. The van der Waals surface area contributed by atoms with Crippen LogP contribution in [0.3, 0.4) is 0 Å². The van der Waals surface area contributed by atoms with Crippen LogP contribution in [0.1, 0.15) is 0 Å². The van der Waals surface area contributed by atoms with E-state index >= 15 is 0 Å². The molecule has 106 valence electrons. The fraction of sp³-hybridized carbons (Fsp3) is 0.118. The fourth-order valence-electron chi connectivity index (χ4n) is 2.13. The summed E-state index contributed by atoms with van der Waals surface area (Å²) in [5, 5.41) is 0.535. The van der Waals surface area contributed by atoms with Crippen molar-refractivity contribution in [3.8, 4) is 17.1 Å². The summed E-state index contributed by atoms with van der Waals surface area (Å²) in [5.41, 5.74) is 1.30. The summed E-state index contributed by atoms with van der Waals surface area (Å²) in [7, 11) is 0. The molecule has 0 fully saturated rings. The Morgan fingerprint density at radius 1 is 1.05 bits per heavy atom. The van der Waals surface area contributed by atoms with Gasteiger partial charge in [-0.2, -0.15) is 0 Å². The topological polar surface area (TPSA) is 39.4 Å². The summed E-state index contributed by atoms with van der Waals surface area (Å²) in [4.78, 5) is 12.2. The van der Waals surface area contributed by atoms with E-state index in [1.807, 2.05) is 30.3 Å². The first-order chi connectivity index (χ1) is 10.3. The Hall–Kier alpha value is -2.26. The number of rotatable bonds is 4. The summed E-state index contributed by atoms with van der Waals surface area (Å²) >= 11 is 5.60. The molecule has 0 atom stereocenters. The van der Waals surface area contributed by atoms with E-state index in [-0.39, 0.29) is 5.43 Å². The van der Waals surface area contributed by atoms with Crippen molar-refractivity contribution in [2.45, 2.75) is 0 Å². The van der Waals surface area contributed by atoms with E-state index in [2.05, 4.69) is 0 Å². The first-order valence-electron chi connectivity index (χ1n) is 6.60. The van der Waals surface area contributed by atoms with Crippen LogP contribution in [0.5, 0.6) is 5.75 Å². The second kappa shape index (κ2) is 6.02. The summed E-state index contributed by atoms with van der Waals surface area (Å²) in [5.74, 6) is 1.59. The normalized spacial score (nSPS) is 10.7.